The van der Waals surface area contributed by atoms with Gasteiger partial charge in [-0.2, -0.15) is 0 Å². The summed E-state index contributed by atoms with van der Waals surface area (Å²) in [6.45, 7) is 7.46. The Morgan fingerprint density at radius 2 is 0.739 bits per heavy atom. The third kappa shape index (κ3) is 6.09. The molecule has 0 unspecified atom stereocenters. The van der Waals surface area contributed by atoms with Crippen LogP contribution in [0.25, 0.3) is 68.1 Å². The van der Waals surface area contributed by atoms with Gasteiger partial charge >= 0.3 is 0 Å². The first-order valence-electron chi connectivity index (χ1n) is 14.7. The maximum Gasteiger partial charge on any atom is 0.163 e. The Bertz CT molecular complexity index is 2180. The average molecular weight is 601 g/mol. The lowest BCUT2D eigenvalue weighted by atomic mass is 10.00. The Labute approximate surface area is 265 Å². The molecule has 3 aromatic carbocycles. The predicted molar refractivity (Wildman–Crippen MR) is 176 cm³/mol. The number of pyridine rings is 1. The summed E-state index contributed by atoms with van der Waals surface area (Å²) in [7, 11) is 0. The van der Waals surface area contributed by atoms with Gasteiger partial charge in [-0.25, -0.2) is 44.9 Å². The van der Waals surface area contributed by atoms with Crippen molar-refractivity contribution < 1.29 is 0 Å². The average Bonchev–Trinajstić information content (AvgIpc) is 3.08. The van der Waals surface area contributed by atoms with Crippen LogP contribution in [0.3, 0.4) is 0 Å². The molecule has 0 saturated carbocycles. The number of hydrogen-bond donors (Lipinski definition) is 0. The second kappa shape index (κ2) is 12.1. The van der Waals surface area contributed by atoms with Crippen molar-refractivity contribution in [3.8, 4) is 68.1 Å². The largest absolute Gasteiger partial charge is 0.264 e. The minimum Gasteiger partial charge on any atom is -0.264 e. The summed E-state index contributed by atoms with van der Waals surface area (Å²) < 4.78 is 0. The van der Waals surface area contributed by atoms with Gasteiger partial charge in [-0.1, -0.05) is 54.6 Å². The third-order valence-corrected chi connectivity index (χ3v) is 7.21. The van der Waals surface area contributed by atoms with Crippen molar-refractivity contribution in [2.45, 2.75) is 27.7 Å². The molecule has 10 nitrogen and oxygen atoms in total. The second-order valence-electron chi connectivity index (χ2n) is 10.8. The van der Waals surface area contributed by atoms with Gasteiger partial charge in [0.1, 0.15) is 23.3 Å². The van der Waals surface area contributed by atoms with Crippen LogP contribution < -0.4 is 0 Å². The van der Waals surface area contributed by atoms with Gasteiger partial charge in [-0.3, -0.25) is 4.98 Å². The van der Waals surface area contributed by atoms with E-state index in [-0.39, 0.29) is 0 Å². The number of nitrogens with zero attached hydrogens (tertiary/aromatic N) is 10. The Hall–Kier alpha value is -6.16. The van der Waals surface area contributed by atoms with Crippen LogP contribution in [-0.2, 0) is 0 Å². The molecule has 0 bridgehead atoms. The highest BCUT2D eigenvalue weighted by Gasteiger charge is 2.16. The van der Waals surface area contributed by atoms with E-state index in [0.717, 1.165) is 38.9 Å². The molecule has 0 aliphatic carbocycles. The van der Waals surface area contributed by atoms with Gasteiger partial charge < -0.3 is 0 Å². The molecule has 4 aromatic heterocycles. The summed E-state index contributed by atoms with van der Waals surface area (Å²) in [6, 6.07) is 27.8. The molecule has 7 aromatic rings. The molecule has 0 saturated heterocycles. The number of aryl methyl sites for hydroxylation is 4. The van der Waals surface area contributed by atoms with E-state index >= 15 is 0 Å². The van der Waals surface area contributed by atoms with Gasteiger partial charge in [0.25, 0.3) is 0 Å². The van der Waals surface area contributed by atoms with Crippen molar-refractivity contribution in [2.75, 3.05) is 0 Å². The minimum absolute atomic E-state index is 0.529. The number of benzene rings is 3. The molecule has 0 radical (unpaired) electrons. The van der Waals surface area contributed by atoms with Gasteiger partial charge in [0.2, 0.25) is 0 Å². The zero-order valence-electron chi connectivity index (χ0n) is 25.7. The summed E-state index contributed by atoms with van der Waals surface area (Å²) in [6.07, 6.45) is 3.59. The van der Waals surface area contributed by atoms with Crippen LogP contribution in [0.15, 0.2) is 97.3 Å². The summed E-state index contributed by atoms with van der Waals surface area (Å²) in [5.74, 6) is 5.39. The Morgan fingerprint density at radius 1 is 0.326 bits per heavy atom. The minimum atomic E-state index is 0.529. The summed E-state index contributed by atoms with van der Waals surface area (Å²) in [5, 5.41) is 0. The fourth-order valence-electron chi connectivity index (χ4n) is 5.20. The molecule has 7 rings (SSSR count). The van der Waals surface area contributed by atoms with Crippen molar-refractivity contribution >= 4 is 0 Å². The van der Waals surface area contributed by atoms with E-state index in [4.69, 9.17) is 24.9 Å². The topological polar surface area (TPSA) is 129 Å². The van der Waals surface area contributed by atoms with Crippen molar-refractivity contribution in [2.24, 2.45) is 0 Å². The van der Waals surface area contributed by atoms with E-state index < -0.39 is 0 Å². The molecule has 0 N–H and O–H groups in total. The van der Waals surface area contributed by atoms with Gasteiger partial charge in [0, 0.05) is 45.8 Å². The van der Waals surface area contributed by atoms with Crippen LogP contribution in [-0.4, -0.2) is 49.8 Å². The van der Waals surface area contributed by atoms with Crippen LogP contribution in [0.4, 0.5) is 0 Å². The summed E-state index contributed by atoms with van der Waals surface area (Å²) in [5.41, 5.74) is 6.07. The van der Waals surface area contributed by atoms with Crippen molar-refractivity contribution in [3.05, 3.63) is 121 Å². The molecule has 0 amide bonds. The van der Waals surface area contributed by atoms with Gasteiger partial charge in [0.05, 0.1) is 0 Å². The molecule has 0 aliphatic rings. The van der Waals surface area contributed by atoms with Gasteiger partial charge in [0.15, 0.2) is 29.1 Å². The highest BCUT2D eigenvalue weighted by molar-refractivity contribution is 5.78. The predicted octanol–water partition coefficient (Wildman–Crippen LogP) is 6.87. The molecular weight excluding hydrogens is 572 g/mol. The lowest BCUT2D eigenvalue weighted by molar-refractivity contribution is 0.928. The molecule has 0 fully saturated rings. The van der Waals surface area contributed by atoms with Crippen LogP contribution in [0.2, 0.25) is 0 Å². The van der Waals surface area contributed by atoms with Gasteiger partial charge in [-0.15, -0.1) is 0 Å². The molecule has 0 atom stereocenters. The zero-order chi connectivity index (χ0) is 31.6. The van der Waals surface area contributed by atoms with Crippen LogP contribution in [0, 0.1) is 27.7 Å². The quantitative estimate of drug-likeness (QED) is 0.199. The van der Waals surface area contributed by atoms with Crippen LogP contribution >= 0.6 is 0 Å². The Morgan fingerprint density at radius 3 is 1.28 bits per heavy atom. The first-order chi connectivity index (χ1) is 22.4. The highest BCUT2D eigenvalue weighted by atomic mass is 15.0. The monoisotopic (exact) mass is 600 g/mol. The zero-order valence-corrected chi connectivity index (χ0v) is 25.7. The number of rotatable bonds is 6. The Balaban J connectivity index is 1.36. The van der Waals surface area contributed by atoms with Crippen LogP contribution in [0.1, 0.15) is 23.3 Å². The Kier molecular flexibility index (Phi) is 7.51. The molecule has 222 valence electrons. The van der Waals surface area contributed by atoms with Crippen molar-refractivity contribution in [3.63, 3.8) is 0 Å². The molecule has 46 heavy (non-hydrogen) atoms. The molecule has 0 aliphatic heterocycles. The fourth-order valence-corrected chi connectivity index (χ4v) is 5.20. The van der Waals surface area contributed by atoms with Crippen LogP contribution in [0.5, 0.6) is 0 Å². The van der Waals surface area contributed by atoms with E-state index in [1.165, 1.54) is 0 Å². The normalized spacial score (nSPS) is 11.0. The number of hydrogen-bond acceptors (Lipinski definition) is 10. The van der Waals surface area contributed by atoms with E-state index in [9.17, 15) is 0 Å². The molecule has 10 heteroatoms. The second-order valence-corrected chi connectivity index (χ2v) is 10.8. The lowest BCUT2D eigenvalue weighted by Gasteiger charge is -2.12. The third-order valence-electron chi connectivity index (χ3n) is 7.21. The SMILES string of the molecule is Cc1nc(C)nc(-c2cccc(-c3nc(C)nc(-c4cc(-c5cccnc5)cc(-c5nc(C)nc(-c6ccccc6)n5)c4)n3)c2)n1. The fraction of sp³-hybridized carbons (Fsp3) is 0.111. The summed E-state index contributed by atoms with van der Waals surface area (Å²) >= 11 is 0. The van der Waals surface area contributed by atoms with E-state index in [0.29, 0.717) is 52.4 Å². The lowest BCUT2D eigenvalue weighted by Crippen LogP contribution is -2.02. The van der Waals surface area contributed by atoms with E-state index in [1.54, 1.807) is 6.20 Å². The van der Waals surface area contributed by atoms with Crippen molar-refractivity contribution in [1.29, 1.82) is 0 Å². The standard InChI is InChI=1S/C36H28N10/c1-21-38-22(2)40-33(39-21)26-12-8-13-27(16-26)34-42-24(4)44-36(46-34)31-18-29(28-14-9-15-37-20-28)17-30(19-31)35-43-23(3)41-32(45-35)25-10-6-5-7-11-25/h5-20H,1-4H3. The van der Waals surface area contributed by atoms with Gasteiger partial charge in [-0.05, 0) is 63.6 Å². The van der Waals surface area contributed by atoms with Crippen molar-refractivity contribution in [1.82, 2.24) is 49.8 Å². The molecular formula is C36H28N10. The maximum absolute atomic E-state index is 4.95. The molecule has 4 heterocycles. The first kappa shape index (κ1) is 28.6. The number of aromatic nitrogens is 10. The van der Waals surface area contributed by atoms with E-state index in [1.807, 2.05) is 107 Å². The smallest absolute Gasteiger partial charge is 0.163 e. The first-order valence-corrected chi connectivity index (χ1v) is 14.7. The molecule has 0 spiro atoms. The highest BCUT2D eigenvalue weighted by Crippen LogP contribution is 2.32. The summed E-state index contributed by atoms with van der Waals surface area (Å²) in [4.78, 5) is 46.3. The van der Waals surface area contributed by atoms with E-state index in [2.05, 4.69) is 37.1 Å². The maximum atomic E-state index is 4.95.